The lowest BCUT2D eigenvalue weighted by Gasteiger charge is -2.32. The Balaban J connectivity index is 1.60. The van der Waals surface area contributed by atoms with Crippen LogP contribution in [0.25, 0.3) is 10.1 Å². The largest absolute Gasteiger partial charge is 0.465 e. The minimum atomic E-state index is -3.61. The lowest BCUT2D eigenvalue weighted by Crippen LogP contribution is -2.41. The van der Waals surface area contributed by atoms with Crippen LogP contribution in [0.4, 0.5) is 5.69 Å². The van der Waals surface area contributed by atoms with Gasteiger partial charge in [-0.2, -0.15) is 4.31 Å². The maximum absolute atomic E-state index is 13.0. The van der Waals surface area contributed by atoms with Crippen LogP contribution in [0.3, 0.4) is 0 Å². The van der Waals surface area contributed by atoms with Crippen molar-refractivity contribution in [1.29, 1.82) is 0 Å². The maximum atomic E-state index is 13.0. The van der Waals surface area contributed by atoms with Crippen molar-refractivity contribution < 1.29 is 22.7 Å². The molecule has 1 N–H and O–H groups in total. The van der Waals surface area contributed by atoms with E-state index in [1.54, 1.807) is 0 Å². The molecule has 1 fully saturated rings. The Hall–Kier alpha value is -2.75. The number of thiophene rings is 1. The number of esters is 1. The van der Waals surface area contributed by atoms with Crippen molar-refractivity contribution >= 4 is 49.0 Å². The Labute approximate surface area is 191 Å². The zero-order valence-electron chi connectivity index (χ0n) is 17.8. The normalized spacial score (nSPS) is 17.2. The van der Waals surface area contributed by atoms with Crippen LogP contribution in [0.2, 0.25) is 0 Å². The number of amides is 1. The first-order valence-electron chi connectivity index (χ1n) is 10.4. The van der Waals surface area contributed by atoms with Crippen molar-refractivity contribution in [3.8, 4) is 0 Å². The maximum Gasteiger partial charge on any atom is 0.350 e. The molecule has 1 aliphatic rings. The van der Waals surface area contributed by atoms with Crippen LogP contribution >= 0.6 is 11.3 Å². The zero-order chi connectivity index (χ0) is 22.9. The molecule has 0 radical (unpaired) electrons. The number of nitrogens with zero attached hydrogens (tertiary/aromatic N) is 1. The second-order valence-electron chi connectivity index (χ2n) is 7.73. The number of piperidine rings is 1. The lowest BCUT2D eigenvalue weighted by atomic mass is 10.1. The van der Waals surface area contributed by atoms with E-state index in [-0.39, 0.29) is 10.9 Å². The molecule has 1 aromatic heterocycles. The summed E-state index contributed by atoms with van der Waals surface area (Å²) in [7, 11) is -2.32. The van der Waals surface area contributed by atoms with Gasteiger partial charge >= 0.3 is 5.97 Å². The predicted octanol–water partition coefficient (Wildman–Crippen LogP) is 4.50. The van der Waals surface area contributed by atoms with Crippen molar-refractivity contribution in [3.63, 3.8) is 0 Å². The molecule has 1 atom stereocenters. The van der Waals surface area contributed by atoms with Crippen molar-refractivity contribution in [2.75, 3.05) is 19.0 Å². The Kier molecular flexibility index (Phi) is 6.32. The van der Waals surface area contributed by atoms with Crippen LogP contribution < -0.4 is 5.32 Å². The Bertz CT molecular complexity index is 1270. The van der Waals surface area contributed by atoms with Gasteiger partial charge in [0.05, 0.1) is 17.7 Å². The number of benzene rings is 2. The average molecular weight is 473 g/mol. The Morgan fingerprint density at radius 3 is 2.50 bits per heavy atom. The van der Waals surface area contributed by atoms with Gasteiger partial charge in [-0.3, -0.25) is 4.79 Å². The highest BCUT2D eigenvalue weighted by atomic mass is 32.2. The van der Waals surface area contributed by atoms with Crippen molar-refractivity contribution in [2.24, 2.45) is 0 Å². The van der Waals surface area contributed by atoms with Crippen LogP contribution in [0.1, 0.15) is 46.2 Å². The van der Waals surface area contributed by atoms with Crippen molar-refractivity contribution in [1.82, 2.24) is 4.31 Å². The number of carbonyl (C=O) groups is 2. The molecule has 1 aliphatic heterocycles. The van der Waals surface area contributed by atoms with E-state index in [2.05, 4.69) is 5.32 Å². The first kappa shape index (κ1) is 22.4. The van der Waals surface area contributed by atoms with Crippen LogP contribution in [-0.2, 0) is 14.8 Å². The topological polar surface area (TPSA) is 92.8 Å². The summed E-state index contributed by atoms with van der Waals surface area (Å²) in [5.41, 5.74) is 0.683. The summed E-state index contributed by atoms with van der Waals surface area (Å²) in [6, 6.07) is 13.2. The summed E-state index contributed by atoms with van der Waals surface area (Å²) in [4.78, 5) is 25.6. The number of sulfonamides is 1. The number of carbonyl (C=O) groups excluding carboxylic acids is 2. The van der Waals surface area contributed by atoms with E-state index in [9.17, 15) is 18.0 Å². The van der Waals surface area contributed by atoms with E-state index < -0.39 is 21.9 Å². The van der Waals surface area contributed by atoms with E-state index >= 15 is 0 Å². The quantitative estimate of drug-likeness (QED) is 0.552. The molecule has 7 nitrogen and oxygen atoms in total. The first-order chi connectivity index (χ1) is 15.3. The SMILES string of the molecule is COC(=O)c1sc2ccccc2c1NC(=O)c1ccc(S(=O)(=O)N2CCCC[C@H]2C)cc1. The van der Waals surface area contributed by atoms with Gasteiger partial charge in [0.15, 0.2) is 0 Å². The molecule has 168 valence electrons. The smallest absolute Gasteiger partial charge is 0.350 e. The zero-order valence-corrected chi connectivity index (χ0v) is 19.5. The van der Waals surface area contributed by atoms with Gasteiger partial charge in [0.2, 0.25) is 10.0 Å². The summed E-state index contributed by atoms with van der Waals surface area (Å²) in [6.45, 7) is 2.43. The van der Waals surface area contributed by atoms with E-state index in [4.69, 9.17) is 4.74 Å². The average Bonchev–Trinajstić information content (AvgIpc) is 3.17. The number of hydrogen-bond acceptors (Lipinski definition) is 6. The van der Waals surface area contributed by atoms with E-state index in [1.807, 2.05) is 31.2 Å². The second kappa shape index (κ2) is 9.01. The molecule has 1 amide bonds. The highest BCUT2D eigenvalue weighted by Gasteiger charge is 2.31. The summed E-state index contributed by atoms with van der Waals surface area (Å²) >= 11 is 1.24. The van der Waals surface area contributed by atoms with Gasteiger partial charge in [0.1, 0.15) is 4.88 Å². The molecule has 32 heavy (non-hydrogen) atoms. The molecule has 3 aromatic rings. The van der Waals surface area contributed by atoms with Crippen LogP contribution in [0, 0.1) is 0 Å². The van der Waals surface area contributed by atoms with Gasteiger partial charge in [-0.15, -0.1) is 11.3 Å². The number of hydrogen-bond donors (Lipinski definition) is 1. The monoisotopic (exact) mass is 472 g/mol. The van der Waals surface area contributed by atoms with Gasteiger partial charge in [-0.1, -0.05) is 24.6 Å². The fraction of sp³-hybridized carbons (Fsp3) is 0.304. The second-order valence-corrected chi connectivity index (χ2v) is 10.7. The Morgan fingerprint density at radius 1 is 1.09 bits per heavy atom. The fourth-order valence-electron chi connectivity index (χ4n) is 3.93. The predicted molar refractivity (Wildman–Crippen MR) is 125 cm³/mol. The lowest BCUT2D eigenvalue weighted by molar-refractivity contribution is 0.0607. The summed E-state index contributed by atoms with van der Waals surface area (Å²) in [5, 5.41) is 3.54. The minimum absolute atomic E-state index is 0.0414. The molecular weight excluding hydrogens is 448 g/mol. The van der Waals surface area contributed by atoms with Gasteiger partial charge in [0, 0.05) is 28.2 Å². The number of ether oxygens (including phenoxy) is 1. The summed E-state index contributed by atoms with van der Waals surface area (Å²) in [5.74, 6) is -0.965. The minimum Gasteiger partial charge on any atom is -0.465 e. The standard InChI is InChI=1S/C23H24N2O5S2/c1-15-7-5-6-14-25(15)32(28,29)17-12-10-16(11-13-17)22(26)24-20-18-8-3-4-9-19(18)31-21(20)23(27)30-2/h3-4,8-13,15H,5-7,14H2,1-2H3,(H,24,26)/t15-/m1/s1. The molecule has 0 spiro atoms. The molecule has 2 heterocycles. The van der Waals surface area contributed by atoms with E-state index in [1.165, 1.54) is 47.0 Å². The van der Waals surface area contributed by atoms with Crippen molar-refractivity contribution in [2.45, 2.75) is 37.1 Å². The van der Waals surface area contributed by atoms with Crippen molar-refractivity contribution in [3.05, 3.63) is 59.0 Å². The van der Waals surface area contributed by atoms with Crippen LogP contribution in [0.5, 0.6) is 0 Å². The fourth-order valence-corrected chi connectivity index (χ4v) is 6.71. The molecule has 0 unspecified atom stereocenters. The summed E-state index contributed by atoms with van der Waals surface area (Å²) < 4.78 is 33.3. The molecule has 1 saturated heterocycles. The third-order valence-corrected chi connectivity index (χ3v) is 8.85. The van der Waals surface area contributed by atoms with Gasteiger partial charge in [-0.25, -0.2) is 13.2 Å². The van der Waals surface area contributed by atoms with E-state index in [0.29, 0.717) is 22.7 Å². The highest BCUT2D eigenvalue weighted by molar-refractivity contribution is 7.89. The van der Waals surface area contributed by atoms with Crippen LogP contribution in [0.15, 0.2) is 53.4 Å². The third-order valence-electron chi connectivity index (χ3n) is 5.67. The van der Waals surface area contributed by atoms with Gasteiger partial charge < -0.3 is 10.1 Å². The molecular formula is C23H24N2O5S2. The van der Waals surface area contributed by atoms with E-state index in [0.717, 1.165) is 29.3 Å². The molecule has 0 saturated carbocycles. The molecule has 0 aliphatic carbocycles. The van der Waals surface area contributed by atoms with Gasteiger partial charge in [0.25, 0.3) is 5.91 Å². The number of fused-ring (bicyclic) bond motifs is 1. The number of nitrogens with one attached hydrogen (secondary N) is 1. The third kappa shape index (κ3) is 4.15. The number of anilines is 1. The number of rotatable bonds is 5. The van der Waals surface area contributed by atoms with Gasteiger partial charge in [-0.05, 0) is 50.1 Å². The summed E-state index contributed by atoms with van der Waals surface area (Å²) in [6.07, 6.45) is 2.72. The molecule has 2 aromatic carbocycles. The first-order valence-corrected chi connectivity index (χ1v) is 12.6. The molecule has 0 bridgehead atoms. The molecule has 4 rings (SSSR count). The highest BCUT2D eigenvalue weighted by Crippen LogP contribution is 2.36. The Morgan fingerprint density at radius 2 is 1.81 bits per heavy atom. The number of methoxy groups -OCH3 is 1. The van der Waals surface area contributed by atoms with Crippen LogP contribution in [-0.4, -0.2) is 44.3 Å². The molecule has 9 heteroatoms.